The summed E-state index contributed by atoms with van der Waals surface area (Å²) in [6, 6.07) is 4.67. The van der Waals surface area contributed by atoms with Crippen molar-refractivity contribution in [3.63, 3.8) is 0 Å². The number of hydrogen-bond donors (Lipinski definition) is 0. The quantitative estimate of drug-likeness (QED) is 0.681. The third-order valence-corrected chi connectivity index (χ3v) is 4.27. The normalized spacial score (nSPS) is 34.7. The summed E-state index contributed by atoms with van der Waals surface area (Å²) in [4.78, 5) is 14.0. The molecule has 4 rings (SSSR count). The van der Waals surface area contributed by atoms with Gasteiger partial charge in [-0.3, -0.25) is 4.79 Å². The van der Waals surface area contributed by atoms with Crippen LogP contribution in [0.15, 0.2) is 30.4 Å². The molecule has 2 spiro atoms. The maximum absolute atomic E-state index is 14.3. The molecule has 104 valence electrons. The van der Waals surface area contributed by atoms with Gasteiger partial charge in [-0.15, -0.1) is 0 Å². The number of carbonyl (C=O) groups is 1. The molecule has 0 N–H and O–H groups in total. The Bertz CT molecular complexity index is 636. The van der Waals surface area contributed by atoms with Gasteiger partial charge in [-0.1, -0.05) is 6.07 Å². The Kier molecular flexibility index (Phi) is 2.22. The second kappa shape index (κ2) is 3.68. The minimum atomic E-state index is -1.38. The van der Waals surface area contributed by atoms with Gasteiger partial charge in [0.05, 0.1) is 17.9 Å². The van der Waals surface area contributed by atoms with Crippen molar-refractivity contribution < 1.29 is 18.7 Å². The van der Waals surface area contributed by atoms with Crippen LogP contribution in [0.3, 0.4) is 0 Å². The summed E-state index contributed by atoms with van der Waals surface area (Å²) in [6.45, 7) is 0.592. The summed E-state index contributed by atoms with van der Waals surface area (Å²) in [5, 5.41) is 0. The van der Waals surface area contributed by atoms with E-state index in [0.717, 1.165) is 6.42 Å². The van der Waals surface area contributed by atoms with Gasteiger partial charge in [-0.05, 0) is 30.7 Å². The Morgan fingerprint density at radius 1 is 1.35 bits per heavy atom. The lowest BCUT2D eigenvalue weighted by atomic mass is 9.95. The van der Waals surface area contributed by atoms with Gasteiger partial charge in [0.25, 0.3) is 5.91 Å². The van der Waals surface area contributed by atoms with E-state index in [1.165, 1.54) is 11.0 Å². The fraction of sp³-hybridized carbons (Fsp3) is 0.400. The fourth-order valence-corrected chi connectivity index (χ4v) is 3.31. The van der Waals surface area contributed by atoms with Gasteiger partial charge in [-0.25, -0.2) is 4.39 Å². The molecule has 4 nitrogen and oxygen atoms in total. The van der Waals surface area contributed by atoms with Gasteiger partial charge in [0.1, 0.15) is 5.82 Å². The van der Waals surface area contributed by atoms with E-state index in [1.54, 1.807) is 31.3 Å². The highest BCUT2D eigenvalue weighted by Crippen LogP contribution is 2.51. The molecule has 0 radical (unpaired) electrons. The zero-order valence-electron chi connectivity index (χ0n) is 11.1. The molecule has 2 atom stereocenters. The van der Waals surface area contributed by atoms with Crippen molar-refractivity contribution >= 4 is 11.6 Å². The number of likely N-dealkylation sites (N-methyl/N-ethyl adjacent to an activating group) is 1. The second-order valence-corrected chi connectivity index (χ2v) is 5.43. The molecule has 1 aromatic carbocycles. The Labute approximate surface area is 115 Å². The molecule has 3 aliphatic rings. The summed E-state index contributed by atoms with van der Waals surface area (Å²) < 4.78 is 25.9. The van der Waals surface area contributed by atoms with Crippen LogP contribution in [0.1, 0.15) is 18.4 Å². The lowest BCUT2D eigenvalue weighted by molar-refractivity contribution is -0.213. The minimum Gasteiger partial charge on any atom is -0.346 e. The van der Waals surface area contributed by atoms with E-state index in [0.29, 0.717) is 18.7 Å². The number of hydrogen-bond acceptors (Lipinski definition) is 3. The van der Waals surface area contributed by atoms with Crippen molar-refractivity contribution in [3.8, 4) is 0 Å². The molecule has 0 aliphatic carbocycles. The van der Waals surface area contributed by atoms with Crippen molar-refractivity contribution in [3.05, 3.63) is 41.7 Å². The van der Waals surface area contributed by atoms with Crippen LogP contribution in [0.4, 0.5) is 10.1 Å². The lowest BCUT2D eigenvalue weighted by Gasteiger charge is -2.28. The average molecular weight is 275 g/mol. The molecule has 5 heteroatoms. The molecular formula is C15H14FNO3. The maximum Gasteiger partial charge on any atom is 0.268 e. The number of ether oxygens (including phenoxy) is 2. The van der Waals surface area contributed by atoms with Gasteiger partial charge in [0.2, 0.25) is 0 Å². The van der Waals surface area contributed by atoms with Gasteiger partial charge in [0, 0.05) is 13.5 Å². The highest BCUT2D eigenvalue weighted by Gasteiger charge is 2.59. The van der Waals surface area contributed by atoms with Crippen molar-refractivity contribution in [2.75, 3.05) is 18.6 Å². The van der Waals surface area contributed by atoms with Crippen LogP contribution in [0, 0.1) is 5.82 Å². The fourth-order valence-electron chi connectivity index (χ4n) is 3.31. The van der Waals surface area contributed by atoms with Crippen LogP contribution < -0.4 is 4.90 Å². The van der Waals surface area contributed by atoms with Crippen LogP contribution in [-0.2, 0) is 19.9 Å². The van der Waals surface area contributed by atoms with Crippen molar-refractivity contribution in [2.45, 2.75) is 24.2 Å². The Morgan fingerprint density at radius 3 is 2.95 bits per heavy atom. The van der Waals surface area contributed by atoms with E-state index in [1.807, 2.05) is 0 Å². The van der Waals surface area contributed by atoms with Crippen LogP contribution in [0.2, 0.25) is 0 Å². The zero-order chi connectivity index (χ0) is 14.0. The zero-order valence-corrected chi connectivity index (χ0v) is 11.1. The highest BCUT2D eigenvalue weighted by molar-refractivity contribution is 6.08. The standard InChI is InChI=1S/C15H14FNO3/c1-17-11-5-2-4-10(16)12(11)15(13(17)18)8-7-14(20-15)6-3-9-19-14/h2,4-5,7-8H,3,6,9H2,1H3. The number of halogens is 1. The van der Waals surface area contributed by atoms with Gasteiger partial charge in [-0.2, -0.15) is 0 Å². The van der Waals surface area contributed by atoms with Crippen LogP contribution in [0.5, 0.6) is 0 Å². The first kappa shape index (κ1) is 12.1. The molecule has 1 fully saturated rings. The van der Waals surface area contributed by atoms with Gasteiger partial charge in [0.15, 0.2) is 11.4 Å². The monoisotopic (exact) mass is 275 g/mol. The number of benzene rings is 1. The van der Waals surface area contributed by atoms with Crippen LogP contribution >= 0.6 is 0 Å². The second-order valence-electron chi connectivity index (χ2n) is 5.43. The Morgan fingerprint density at radius 2 is 2.20 bits per heavy atom. The number of rotatable bonds is 0. The first-order valence-electron chi connectivity index (χ1n) is 6.70. The van der Waals surface area contributed by atoms with Crippen molar-refractivity contribution in [1.82, 2.24) is 0 Å². The topological polar surface area (TPSA) is 38.8 Å². The number of fused-ring (bicyclic) bond motifs is 2. The van der Waals surface area contributed by atoms with Crippen LogP contribution in [0.25, 0.3) is 0 Å². The van der Waals surface area contributed by atoms with E-state index in [9.17, 15) is 9.18 Å². The molecule has 3 heterocycles. The van der Waals surface area contributed by atoms with E-state index in [-0.39, 0.29) is 11.5 Å². The first-order valence-corrected chi connectivity index (χ1v) is 6.70. The Balaban J connectivity index is 1.88. The number of amides is 1. The lowest BCUT2D eigenvalue weighted by Crippen LogP contribution is -2.42. The maximum atomic E-state index is 14.3. The third-order valence-electron chi connectivity index (χ3n) is 4.27. The van der Waals surface area contributed by atoms with Crippen molar-refractivity contribution in [2.24, 2.45) is 0 Å². The molecule has 3 aliphatic heterocycles. The Hall–Kier alpha value is -1.72. The van der Waals surface area contributed by atoms with Crippen LogP contribution in [-0.4, -0.2) is 25.3 Å². The molecule has 1 amide bonds. The third kappa shape index (κ3) is 1.29. The largest absolute Gasteiger partial charge is 0.346 e. The first-order chi connectivity index (χ1) is 9.58. The predicted molar refractivity (Wildman–Crippen MR) is 69.6 cm³/mol. The molecule has 0 saturated carbocycles. The SMILES string of the molecule is CN1C(=O)C2(C=CC3(CCCO3)O2)c2c(F)cccc21. The summed E-state index contributed by atoms with van der Waals surface area (Å²) in [5.41, 5.74) is -0.537. The number of carbonyl (C=O) groups excluding carboxylic acids is 1. The van der Waals surface area contributed by atoms with Gasteiger partial charge >= 0.3 is 0 Å². The molecule has 20 heavy (non-hydrogen) atoms. The average Bonchev–Trinajstić information content (AvgIpc) is 3.10. The van der Waals surface area contributed by atoms with Crippen molar-refractivity contribution in [1.29, 1.82) is 0 Å². The smallest absolute Gasteiger partial charge is 0.268 e. The molecular weight excluding hydrogens is 261 g/mol. The molecule has 0 bridgehead atoms. The molecule has 2 unspecified atom stereocenters. The number of nitrogens with zero attached hydrogens (tertiary/aromatic N) is 1. The van der Waals surface area contributed by atoms with E-state index < -0.39 is 17.2 Å². The minimum absolute atomic E-state index is 0.277. The summed E-state index contributed by atoms with van der Waals surface area (Å²) in [5.74, 6) is -1.58. The number of anilines is 1. The summed E-state index contributed by atoms with van der Waals surface area (Å²) >= 11 is 0. The summed E-state index contributed by atoms with van der Waals surface area (Å²) in [6.07, 6.45) is 4.96. The van der Waals surface area contributed by atoms with E-state index >= 15 is 0 Å². The molecule has 0 aromatic heterocycles. The molecule has 1 aromatic rings. The summed E-state index contributed by atoms with van der Waals surface area (Å²) in [7, 11) is 1.63. The molecule has 1 saturated heterocycles. The van der Waals surface area contributed by atoms with Gasteiger partial charge < -0.3 is 14.4 Å². The van der Waals surface area contributed by atoms with E-state index in [4.69, 9.17) is 9.47 Å². The predicted octanol–water partition coefficient (Wildman–Crippen LogP) is 2.09. The highest BCUT2D eigenvalue weighted by atomic mass is 19.1. The van der Waals surface area contributed by atoms with E-state index in [2.05, 4.69) is 0 Å².